The molecule has 2 aromatic rings. The van der Waals surface area contributed by atoms with Crippen LogP contribution < -0.4 is 10.1 Å². The predicted octanol–water partition coefficient (Wildman–Crippen LogP) is 2.89. The number of benzene rings is 2. The Bertz CT molecular complexity index is 811. The van der Waals surface area contributed by atoms with Crippen LogP contribution in [0.25, 0.3) is 0 Å². The van der Waals surface area contributed by atoms with Crippen LogP contribution in [0.3, 0.4) is 0 Å². The third-order valence-corrected chi connectivity index (χ3v) is 3.78. The zero-order valence-corrected chi connectivity index (χ0v) is 15.0. The van der Waals surface area contributed by atoms with Gasteiger partial charge in [-0.15, -0.1) is 0 Å². The maximum absolute atomic E-state index is 12.2. The molecule has 0 unspecified atom stereocenters. The van der Waals surface area contributed by atoms with E-state index >= 15 is 0 Å². The molecule has 0 radical (unpaired) electrons. The first kappa shape index (κ1) is 19.2. The van der Waals surface area contributed by atoms with Crippen LogP contribution in [0.15, 0.2) is 42.5 Å². The highest BCUT2D eigenvalue weighted by molar-refractivity contribution is 5.94. The van der Waals surface area contributed by atoms with Crippen LogP contribution in [0.5, 0.6) is 5.75 Å². The summed E-state index contributed by atoms with van der Waals surface area (Å²) in [4.78, 5) is 34.6. The Morgan fingerprint density at radius 1 is 0.962 bits per heavy atom. The number of amides is 1. The number of ketones is 1. The Labute approximate surface area is 152 Å². The van der Waals surface area contributed by atoms with E-state index in [4.69, 9.17) is 9.47 Å². The predicted molar refractivity (Wildman–Crippen MR) is 96.1 cm³/mol. The van der Waals surface area contributed by atoms with Crippen LogP contribution in [0.1, 0.15) is 45.7 Å². The highest BCUT2D eigenvalue weighted by atomic mass is 16.5. The minimum atomic E-state index is -0.480. The van der Waals surface area contributed by atoms with E-state index in [1.165, 1.54) is 21.0 Å². The molecule has 1 amide bonds. The molecular formula is C20H21NO5. The number of Topliss-reactive ketones (excluding diaryl/α,β-unsaturated/α-hetero) is 1. The van der Waals surface area contributed by atoms with E-state index in [1.807, 2.05) is 0 Å². The summed E-state index contributed by atoms with van der Waals surface area (Å²) >= 11 is 0. The van der Waals surface area contributed by atoms with E-state index in [1.54, 1.807) is 42.5 Å². The van der Waals surface area contributed by atoms with Crippen LogP contribution in [0.4, 0.5) is 0 Å². The third-order valence-electron chi connectivity index (χ3n) is 3.78. The SMILES string of the molecule is COc1ccc(C(C)=O)cc1COC(=O)c1ccc(CNC(C)=O)cc1. The minimum Gasteiger partial charge on any atom is -0.496 e. The molecule has 0 spiro atoms. The molecule has 0 aliphatic carbocycles. The van der Waals surface area contributed by atoms with Crippen LogP contribution in [0, 0.1) is 0 Å². The lowest BCUT2D eigenvalue weighted by molar-refractivity contribution is -0.119. The molecule has 0 fully saturated rings. The first-order valence-corrected chi connectivity index (χ1v) is 8.09. The van der Waals surface area contributed by atoms with E-state index in [0.717, 1.165) is 5.56 Å². The summed E-state index contributed by atoms with van der Waals surface area (Å²) in [6.07, 6.45) is 0. The van der Waals surface area contributed by atoms with Gasteiger partial charge in [-0.1, -0.05) is 12.1 Å². The molecule has 6 heteroatoms. The van der Waals surface area contributed by atoms with Gasteiger partial charge in [0.05, 0.1) is 12.7 Å². The molecule has 26 heavy (non-hydrogen) atoms. The molecule has 0 aliphatic heterocycles. The summed E-state index contributed by atoms with van der Waals surface area (Å²) in [6, 6.07) is 11.8. The Kier molecular flexibility index (Phi) is 6.49. The first-order chi connectivity index (χ1) is 12.4. The van der Waals surface area contributed by atoms with E-state index < -0.39 is 5.97 Å². The van der Waals surface area contributed by atoms with Crippen molar-refractivity contribution in [3.63, 3.8) is 0 Å². The van der Waals surface area contributed by atoms with Crippen molar-refractivity contribution >= 4 is 17.7 Å². The second kappa shape index (κ2) is 8.80. The molecule has 0 heterocycles. The van der Waals surface area contributed by atoms with Gasteiger partial charge in [-0.25, -0.2) is 4.79 Å². The fraction of sp³-hybridized carbons (Fsp3) is 0.250. The van der Waals surface area contributed by atoms with E-state index in [-0.39, 0.29) is 18.3 Å². The molecule has 0 atom stereocenters. The highest BCUT2D eigenvalue weighted by Crippen LogP contribution is 2.21. The van der Waals surface area contributed by atoms with Crippen LogP contribution >= 0.6 is 0 Å². The van der Waals surface area contributed by atoms with Crippen molar-refractivity contribution in [2.45, 2.75) is 27.0 Å². The second-order valence-corrected chi connectivity index (χ2v) is 5.77. The van der Waals surface area contributed by atoms with Gasteiger partial charge in [-0.05, 0) is 42.8 Å². The number of nitrogens with one attached hydrogen (secondary N) is 1. The van der Waals surface area contributed by atoms with Gasteiger partial charge in [0.25, 0.3) is 0 Å². The minimum absolute atomic E-state index is 0.00320. The van der Waals surface area contributed by atoms with Gasteiger partial charge in [0, 0.05) is 24.6 Å². The fourth-order valence-electron chi connectivity index (χ4n) is 2.32. The van der Waals surface area contributed by atoms with E-state index in [2.05, 4.69) is 5.32 Å². The third kappa shape index (κ3) is 5.17. The Morgan fingerprint density at radius 2 is 1.62 bits per heavy atom. The summed E-state index contributed by atoms with van der Waals surface area (Å²) in [5.41, 5.74) is 2.43. The molecule has 2 aromatic carbocycles. The molecule has 136 valence electrons. The molecular weight excluding hydrogens is 334 g/mol. The molecule has 2 rings (SSSR count). The summed E-state index contributed by atoms with van der Waals surface area (Å²) in [7, 11) is 1.52. The molecule has 6 nitrogen and oxygen atoms in total. The van der Waals surface area contributed by atoms with Crippen LogP contribution in [-0.4, -0.2) is 24.8 Å². The van der Waals surface area contributed by atoms with Crippen molar-refractivity contribution in [3.8, 4) is 5.75 Å². The smallest absolute Gasteiger partial charge is 0.338 e. The van der Waals surface area contributed by atoms with Gasteiger partial charge >= 0.3 is 5.97 Å². The molecule has 0 aromatic heterocycles. The Balaban J connectivity index is 2.03. The average Bonchev–Trinajstić information content (AvgIpc) is 2.64. The quantitative estimate of drug-likeness (QED) is 0.610. The number of hydrogen-bond donors (Lipinski definition) is 1. The van der Waals surface area contributed by atoms with Gasteiger partial charge in [0.15, 0.2) is 5.78 Å². The maximum Gasteiger partial charge on any atom is 0.338 e. The highest BCUT2D eigenvalue weighted by Gasteiger charge is 2.12. The number of hydrogen-bond acceptors (Lipinski definition) is 5. The number of esters is 1. The van der Waals surface area contributed by atoms with E-state index in [9.17, 15) is 14.4 Å². The van der Waals surface area contributed by atoms with Crippen LogP contribution in [0.2, 0.25) is 0 Å². The topological polar surface area (TPSA) is 81.7 Å². The van der Waals surface area contributed by atoms with Gasteiger partial charge in [-0.2, -0.15) is 0 Å². The lowest BCUT2D eigenvalue weighted by Gasteiger charge is -2.11. The van der Waals surface area contributed by atoms with Crippen molar-refractivity contribution in [2.24, 2.45) is 0 Å². The molecule has 0 saturated carbocycles. The summed E-state index contributed by atoms with van der Waals surface area (Å²) in [5.74, 6) is -0.120. The second-order valence-electron chi connectivity index (χ2n) is 5.77. The van der Waals surface area contributed by atoms with Gasteiger partial charge in [-0.3, -0.25) is 9.59 Å². The first-order valence-electron chi connectivity index (χ1n) is 8.09. The van der Waals surface area contributed by atoms with Crippen molar-refractivity contribution in [2.75, 3.05) is 7.11 Å². The van der Waals surface area contributed by atoms with Gasteiger partial charge in [0.2, 0.25) is 5.91 Å². The number of carbonyl (C=O) groups is 3. The molecule has 1 N–H and O–H groups in total. The molecule has 0 aliphatic rings. The zero-order valence-electron chi connectivity index (χ0n) is 15.0. The monoisotopic (exact) mass is 355 g/mol. The van der Waals surface area contributed by atoms with Crippen molar-refractivity contribution in [3.05, 3.63) is 64.7 Å². The Hall–Kier alpha value is -3.15. The summed E-state index contributed by atoms with van der Waals surface area (Å²) in [6.45, 7) is 3.32. The number of rotatable bonds is 7. The van der Waals surface area contributed by atoms with Crippen molar-refractivity contribution < 1.29 is 23.9 Å². The van der Waals surface area contributed by atoms with Crippen molar-refractivity contribution in [1.29, 1.82) is 0 Å². The standard InChI is InChI=1S/C20H21NO5/c1-13(22)17-8-9-19(25-3)18(10-17)12-26-20(24)16-6-4-15(5-7-16)11-21-14(2)23/h4-10H,11-12H2,1-3H3,(H,21,23). The summed E-state index contributed by atoms with van der Waals surface area (Å²) < 4.78 is 10.6. The van der Waals surface area contributed by atoms with Gasteiger partial charge < -0.3 is 14.8 Å². The molecule has 0 bridgehead atoms. The summed E-state index contributed by atoms with van der Waals surface area (Å²) in [5, 5.41) is 2.69. The van der Waals surface area contributed by atoms with Crippen LogP contribution in [-0.2, 0) is 22.7 Å². The van der Waals surface area contributed by atoms with E-state index in [0.29, 0.717) is 29.0 Å². The number of methoxy groups -OCH3 is 1. The lowest BCUT2D eigenvalue weighted by Crippen LogP contribution is -2.18. The maximum atomic E-state index is 12.2. The number of carbonyl (C=O) groups excluding carboxylic acids is 3. The normalized spacial score (nSPS) is 10.1. The lowest BCUT2D eigenvalue weighted by atomic mass is 10.1. The van der Waals surface area contributed by atoms with Gasteiger partial charge in [0.1, 0.15) is 12.4 Å². The zero-order chi connectivity index (χ0) is 19.1. The Morgan fingerprint density at radius 3 is 2.19 bits per heavy atom. The molecule has 0 saturated heterocycles. The average molecular weight is 355 g/mol. The number of ether oxygens (including phenoxy) is 2. The fourth-order valence-corrected chi connectivity index (χ4v) is 2.32. The van der Waals surface area contributed by atoms with Crippen molar-refractivity contribution in [1.82, 2.24) is 5.32 Å². The largest absolute Gasteiger partial charge is 0.496 e.